The number of aromatic nitrogens is 1. The quantitative estimate of drug-likeness (QED) is 0.845. The molecule has 5 nitrogen and oxygen atoms in total. The van der Waals surface area contributed by atoms with Gasteiger partial charge in [-0.1, -0.05) is 18.2 Å². The van der Waals surface area contributed by atoms with E-state index in [0.717, 1.165) is 17.7 Å². The van der Waals surface area contributed by atoms with Crippen molar-refractivity contribution >= 4 is 11.7 Å². The predicted molar refractivity (Wildman–Crippen MR) is 76.4 cm³/mol. The van der Waals surface area contributed by atoms with E-state index in [1.54, 1.807) is 19.4 Å². The number of anilines is 1. The van der Waals surface area contributed by atoms with Gasteiger partial charge in [0.15, 0.2) is 0 Å². The highest BCUT2D eigenvalue weighted by Crippen LogP contribution is 2.18. The second kappa shape index (κ2) is 6.56. The largest absolute Gasteiger partial charge is 0.496 e. The highest BCUT2D eigenvalue weighted by atomic mass is 16.5. The van der Waals surface area contributed by atoms with Crippen LogP contribution in [0.1, 0.15) is 15.9 Å². The van der Waals surface area contributed by atoms with Crippen LogP contribution in [-0.4, -0.2) is 29.7 Å². The van der Waals surface area contributed by atoms with Crippen LogP contribution in [0.4, 0.5) is 5.69 Å². The molecule has 2 aromatic rings. The number of hydrogen-bond donors (Lipinski definition) is 2. The van der Waals surface area contributed by atoms with Gasteiger partial charge >= 0.3 is 5.97 Å². The fraction of sp³-hybridized carbons (Fsp3) is 0.200. The molecule has 0 aliphatic carbocycles. The molecule has 0 atom stereocenters. The Kier molecular flexibility index (Phi) is 4.55. The van der Waals surface area contributed by atoms with Crippen molar-refractivity contribution in [1.82, 2.24) is 4.98 Å². The number of methoxy groups -OCH3 is 1. The molecule has 0 fully saturated rings. The van der Waals surface area contributed by atoms with Gasteiger partial charge in [0.05, 0.1) is 12.8 Å². The van der Waals surface area contributed by atoms with Crippen molar-refractivity contribution in [3.8, 4) is 5.75 Å². The summed E-state index contributed by atoms with van der Waals surface area (Å²) in [5, 5.41) is 12.2. The monoisotopic (exact) mass is 272 g/mol. The van der Waals surface area contributed by atoms with Crippen LogP contribution in [0.15, 0.2) is 42.7 Å². The number of carboxylic acid groups (broad SMARTS) is 1. The minimum atomic E-state index is -0.988. The van der Waals surface area contributed by atoms with E-state index in [1.807, 2.05) is 24.3 Å². The first-order chi connectivity index (χ1) is 9.72. The van der Waals surface area contributed by atoms with Gasteiger partial charge in [0.1, 0.15) is 11.3 Å². The molecule has 0 aliphatic heterocycles. The molecule has 0 saturated heterocycles. The van der Waals surface area contributed by atoms with Crippen LogP contribution in [0.25, 0.3) is 0 Å². The standard InChI is InChI=1S/C15H16N2O3/c1-20-14-5-3-2-4-11(14)6-9-17-13-7-8-16-10-12(13)15(18)19/h2-5,7-8,10H,6,9H2,1H3,(H,16,17)(H,18,19). The minimum Gasteiger partial charge on any atom is -0.496 e. The Labute approximate surface area is 117 Å². The zero-order valence-corrected chi connectivity index (χ0v) is 11.2. The van der Waals surface area contributed by atoms with Crippen LogP contribution in [0.2, 0.25) is 0 Å². The smallest absolute Gasteiger partial charge is 0.339 e. The van der Waals surface area contributed by atoms with Gasteiger partial charge in [-0.3, -0.25) is 4.98 Å². The normalized spacial score (nSPS) is 10.1. The molecule has 2 N–H and O–H groups in total. The van der Waals surface area contributed by atoms with Gasteiger partial charge in [-0.05, 0) is 24.1 Å². The molecule has 0 spiro atoms. The van der Waals surface area contributed by atoms with Crippen molar-refractivity contribution in [3.05, 3.63) is 53.9 Å². The third-order valence-electron chi connectivity index (χ3n) is 2.95. The van der Waals surface area contributed by atoms with Crippen molar-refractivity contribution in [2.75, 3.05) is 19.0 Å². The third kappa shape index (κ3) is 3.26. The molecule has 1 aromatic heterocycles. The summed E-state index contributed by atoms with van der Waals surface area (Å²) < 4.78 is 5.28. The fourth-order valence-corrected chi connectivity index (χ4v) is 1.96. The summed E-state index contributed by atoms with van der Waals surface area (Å²) in [5.74, 6) is -0.152. The Morgan fingerprint density at radius 2 is 2.15 bits per heavy atom. The SMILES string of the molecule is COc1ccccc1CCNc1ccncc1C(=O)O. The number of nitrogens with one attached hydrogen (secondary N) is 1. The summed E-state index contributed by atoms with van der Waals surface area (Å²) in [7, 11) is 1.64. The first-order valence-corrected chi connectivity index (χ1v) is 6.25. The molecule has 0 aliphatic rings. The topological polar surface area (TPSA) is 71.5 Å². The number of aromatic carboxylic acids is 1. The molecule has 1 heterocycles. The second-order valence-electron chi connectivity index (χ2n) is 4.22. The first kappa shape index (κ1) is 13.9. The molecule has 104 valence electrons. The van der Waals surface area contributed by atoms with Crippen LogP contribution in [0, 0.1) is 0 Å². The number of pyridine rings is 1. The van der Waals surface area contributed by atoms with Crippen LogP contribution in [0.5, 0.6) is 5.75 Å². The number of para-hydroxylation sites is 1. The lowest BCUT2D eigenvalue weighted by Crippen LogP contribution is -2.10. The van der Waals surface area contributed by atoms with Gasteiger partial charge in [0, 0.05) is 18.9 Å². The molecule has 0 amide bonds. The molecule has 0 bridgehead atoms. The molecule has 0 radical (unpaired) electrons. The van der Waals surface area contributed by atoms with E-state index in [9.17, 15) is 4.79 Å². The Morgan fingerprint density at radius 1 is 1.35 bits per heavy atom. The number of rotatable bonds is 6. The Morgan fingerprint density at radius 3 is 2.90 bits per heavy atom. The predicted octanol–water partition coefficient (Wildman–Crippen LogP) is 2.44. The highest BCUT2D eigenvalue weighted by molar-refractivity contribution is 5.93. The van der Waals surface area contributed by atoms with Crippen molar-refractivity contribution in [3.63, 3.8) is 0 Å². The summed E-state index contributed by atoms with van der Waals surface area (Å²) in [5.41, 5.74) is 1.82. The summed E-state index contributed by atoms with van der Waals surface area (Å²) in [4.78, 5) is 14.9. The maximum atomic E-state index is 11.1. The molecule has 1 aromatic carbocycles. The molecule has 5 heteroatoms. The third-order valence-corrected chi connectivity index (χ3v) is 2.95. The van der Waals surface area contributed by atoms with Crippen LogP contribution >= 0.6 is 0 Å². The van der Waals surface area contributed by atoms with E-state index in [-0.39, 0.29) is 5.56 Å². The average molecular weight is 272 g/mol. The lowest BCUT2D eigenvalue weighted by Gasteiger charge is -2.11. The molecular formula is C15H16N2O3. The van der Waals surface area contributed by atoms with E-state index >= 15 is 0 Å². The first-order valence-electron chi connectivity index (χ1n) is 6.25. The number of carbonyl (C=O) groups is 1. The lowest BCUT2D eigenvalue weighted by atomic mass is 10.1. The van der Waals surface area contributed by atoms with Crippen molar-refractivity contribution in [2.45, 2.75) is 6.42 Å². The van der Waals surface area contributed by atoms with Gasteiger partial charge in [0.2, 0.25) is 0 Å². The van der Waals surface area contributed by atoms with E-state index in [0.29, 0.717) is 12.2 Å². The lowest BCUT2D eigenvalue weighted by molar-refractivity contribution is 0.0697. The minimum absolute atomic E-state index is 0.174. The van der Waals surface area contributed by atoms with Crippen molar-refractivity contribution < 1.29 is 14.6 Å². The molecule has 0 unspecified atom stereocenters. The Balaban J connectivity index is 2.01. The Bertz CT molecular complexity index is 599. The van der Waals surface area contributed by atoms with Gasteiger partial charge in [-0.25, -0.2) is 4.79 Å². The van der Waals surface area contributed by atoms with E-state index in [1.165, 1.54) is 6.20 Å². The number of benzene rings is 1. The summed E-state index contributed by atoms with van der Waals surface area (Å²) >= 11 is 0. The summed E-state index contributed by atoms with van der Waals surface area (Å²) in [6.07, 6.45) is 3.65. The van der Waals surface area contributed by atoms with Gasteiger partial charge in [0.25, 0.3) is 0 Å². The maximum Gasteiger partial charge on any atom is 0.339 e. The zero-order chi connectivity index (χ0) is 14.4. The number of nitrogens with zero attached hydrogens (tertiary/aromatic N) is 1. The number of carboxylic acids is 1. The fourth-order valence-electron chi connectivity index (χ4n) is 1.96. The Hall–Kier alpha value is -2.56. The molecular weight excluding hydrogens is 256 g/mol. The highest BCUT2D eigenvalue weighted by Gasteiger charge is 2.09. The molecule has 0 saturated carbocycles. The number of hydrogen-bond acceptors (Lipinski definition) is 4. The molecule has 2 rings (SSSR count). The zero-order valence-electron chi connectivity index (χ0n) is 11.2. The maximum absolute atomic E-state index is 11.1. The summed E-state index contributed by atoms with van der Waals surface area (Å²) in [6, 6.07) is 9.43. The van der Waals surface area contributed by atoms with Crippen LogP contribution in [-0.2, 0) is 6.42 Å². The van der Waals surface area contributed by atoms with Gasteiger partial charge in [-0.15, -0.1) is 0 Å². The average Bonchev–Trinajstić information content (AvgIpc) is 2.48. The second-order valence-corrected chi connectivity index (χ2v) is 4.22. The van der Waals surface area contributed by atoms with E-state index < -0.39 is 5.97 Å². The van der Waals surface area contributed by atoms with Crippen molar-refractivity contribution in [1.29, 1.82) is 0 Å². The summed E-state index contributed by atoms with van der Waals surface area (Å²) in [6.45, 7) is 0.616. The van der Waals surface area contributed by atoms with E-state index in [4.69, 9.17) is 9.84 Å². The van der Waals surface area contributed by atoms with Gasteiger partial charge in [-0.2, -0.15) is 0 Å². The van der Waals surface area contributed by atoms with Crippen molar-refractivity contribution in [2.24, 2.45) is 0 Å². The number of ether oxygens (including phenoxy) is 1. The van der Waals surface area contributed by atoms with Crippen LogP contribution < -0.4 is 10.1 Å². The van der Waals surface area contributed by atoms with E-state index in [2.05, 4.69) is 10.3 Å². The van der Waals surface area contributed by atoms with Gasteiger partial charge < -0.3 is 15.2 Å². The molecule has 20 heavy (non-hydrogen) atoms. The van der Waals surface area contributed by atoms with Crippen LogP contribution in [0.3, 0.4) is 0 Å².